The van der Waals surface area contributed by atoms with E-state index in [4.69, 9.17) is 23.7 Å². The molecule has 1 saturated carbocycles. The van der Waals surface area contributed by atoms with E-state index in [-0.39, 0.29) is 19.3 Å². The molecule has 218 valence electrons. The van der Waals surface area contributed by atoms with Crippen molar-refractivity contribution in [2.45, 2.75) is 128 Å². The van der Waals surface area contributed by atoms with Gasteiger partial charge < -0.3 is 33.9 Å². The molecule has 3 fully saturated rings. The van der Waals surface area contributed by atoms with Crippen molar-refractivity contribution in [1.29, 1.82) is 0 Å². The standard InChI is InChI=1S/C28H40O11/c1-8-9-21(31)37-19-13-18(36-16(4)30)25(5)17(35-15(3)29)11-10-14(2)12-20-28(23(32)22(25)26(19,6)34)27(7,39-28)24(33)38-20/h12,17-20,22-23,32,34H,8-11,13H2,1-7H3/b14-12-/t17-,18-,19+,20-,22+,23-,25-,26-,27-,28-/m0/s1. The van der Waals surface area contributed by atoms with Crippen molar-refractivity contribution < 1.29 is 53.1 Å². The molecule has 0 unspecified atom stereocenters. The fourth-order valence-electron chi connectivity index (χ4n) is 7.22. The number of ether oxygens (including phenoxy) is 5. The number of esters is 4. The predicted molar refractivity (Wildman–Crippen MR) is 134 cm³/mol. The normalized spacial score (nSPS) is 46.3. The van der Waals surface area contributed by atoms with Gasteiger partial charge in [0.1, 0.15) is 23.9 Å². The Hall–Kier alpha value is -2.50. The minimum absolute atomic E-state index is 0.0989. The molecule has 2 saturated heterocycles. The molecular formula is C28H40O11. The predicted octanol–water partition coefficient (Wildman–Crippen LogP) is 1.89. The van der Waals surface area contributed by atoms with Crippen molar-refractivity contribution in [3.05, 3.63) is 11.6 Å². The molecule has 2 aliphatic carbocycles. The third-order valence-corrected chi connectivity index (χ3v) is 9.23. The van der Waals surface area contributed by atoms with E-state index >= 15 is 0 Å². The van der Waals surface area contributed by atoms with Crippen molar-refractivity contribution in [3.63, 3.8) is 0 Å². The molecule has 0 bridgehead atoms. The molecule has 4 aliphatic rings. The first kappa shape index (κ1) is 29.5. The lowest BCUT2D eigenvalue weighted by atomic mass is 9.51. The van der Waals surface area contributed by atoms with Gasteiger partial charge in [0.15, 0.2) is 17.3 Å². The summed E-state index contributed by atoms with van der Waals surface area (Å²) >= 11 is 0. The summed E-state index contributed by atoms with van der Waals surface area (Å²) in [4.78, 5) is 50.2. The molecule has 4 rings (SSSR count). The fraction of sp³-hybridized carbons (Fsp3) is 0.786. The Balaban J connectivity index is 1.94. The van der Waals surface area contributed by atoms with Gasteiger partial charge in [-0.15, -0.1) is 0 Å². The van der Waals surface area contributed by atoms with E-state index in [1.165, 1.54) is 27.7 Å². The first-order chi connectivity index (χ1) is 18.0. The van der Waals surface area contributed by atoms with Crippen LogP contribution in [0.15, 0.2) is 11.6 Å². The van der Waals surface area contributed by atoms with Crippen LogP contribution in [-0.4, -0.2) is 81.4 Å². The monoisotopic (exact) mass is 552 g/mol. The number of carbonyl (C=O) groups is 4. The lowest BCUT2D eigenvalue weighted by molar-refractivity contribution is -0.274. The number of fused-ring (bicyclic) bond motifs is 1. The molecule has 0 aromatic rings. The molecule has 0 amide bonds. The van der Waals surface area contributed by atoms with E-state index < -0.39 is 82.5 Å². The van der Waals surface area contributed by atoms with Crippen molar-refractivity contribution in [2.75, 3.05) is 0 Å². The van der Waals surface area contributed by atoms with E-state index in [1.807, 2.05) is 13.8 Å². The Morgan fingerprint density at radius 2 is 1.67 bits per heavy atom. The zero-order chi connectivity index (χ0) is 29.1. The van der Waals surface area contributed by atoms with E-state index in [2.05, 4.69) is 0 Å². The van der Waals surface area contributed by atoms with Crippen LogP contribution in [0.25, 0.3) is 0 Å². The molecule has 2 aliphatic heterocycles. The van der Waals surface area contributed by atoms with E-state index in [0.717, 1.165) is 5.57 Å². The Labute approximate surface area is 228 Å². The molecule has 2 N–H and O–H groups in total. The zero-order valence-corrected chi connectivity index (χ0v) is 23.6. The molecule has 11 heteroatoms. The summed E-state index contributed by atoms with van der Waals surface area (Å²) in [5, 5.41) is 24.5. The smallest absolute Gasteiger partial charge is 0.342 e. The van der Waals surface area contributed by atoms with Gasteiger partial charge in [-0.3, -0.25) is 14.4 Å². The molecule has 0 aromatic carbocycles. The molecule has 0 aromatic heterocycles. The van der Waals surface area contributed by atoms with Crippen molar-refractivity contribution in [3.8, 4) is 0 Å². The SMILES string of the molecule is CCCC(=O)O[C@@H]1C[C@H](OC(C)=O)[C@]2(C)[C@@H](OC(C)=O)CC/C(C)=C\[C@@H]3OC(=O)[C@]4(C)O[C@]34[C@@H](O)[C@H]2[C@@]1(C)O. The van der Waals surface area contributed by atoms with Gasteiger partial charge in [0.05, 0.1) is 11.5 Å². The number of rotatable bonds is 5. The van der Waals surface area contributed by atoms with Gasteiger partial charge in [0.2, 0.25) is 0 Å². The number of aliphatic hydroxyl groups excluding tert-OH is 1. The number of aliphatic hydroxyl groups is 2. The Morgan fingerprint density at radius 1 is 1.05 bits per heavy atom. The Bertz CT molecular complexity index is 1080. The first-order valence-corrected chi connectivity index (χ1v) is 13.6. The average molecular weight is 553 g/mol. The van der Waals surface area contributed by atoms with E-state index in [0.29, 0.717) is 12.8 Å². The number of hydrogen-bond donors (Lipinski definition) is 2. The van der Waals surface area contributed by atoms with Gasteiger partial charge in [0.25, 0.3) is 0 Å². The topological polar surface area (TPSA) is 158 Å². The quantitative estimate of drug-likeness (QED) is 0.222. The molecule has 0 radical (unpaired) electrons. The van der Waals surface area contributed by atoms with E-state index in [9.17, 15) is 29.4 Å². The number of epoxide rings is 1. The van der Waals surface area contributed by atoms with Crippen LogP contribution in [0.3, 0.4) is 0 Å². The largest absolute Gasteiger partial charge is 0.462 e. The number of carbonyl (C=O) groups excluding carboxylic acids is 4. The van der Waals surface area contributed by atoms with Crippen LogP contribution in [0.5, 0.6) is 0 Å². The summed E-state index contributed by atoms with van der Waals surface area (Å²) in [5.74, 6) is -3.69. The van der Waals surface area contributed by atoms with Crippen molar-refractivity contribution in [1.82, 2.24) is 0 Å². The molecule has 11 nitrogen and oxygen atoms in total. The molecule has 10 atom stereocenters. The average Bonchev–Trinajstić information content (AvgIpc) is 3.40. The highest BCUT2D eigenvalue weighted by molar-refractivity contribution is 5.89. The van der Waals surface area contributed by atoms with Gasteiger partial charge in [-0.05, 0) is 46.1 Å². The van der Waals surface area contributed by atoms with E-state index in [1.54, 1.807) is 13.0 Å². The number of hydrogen-bond acceptors (Lipinski definition) is 11. The highest BCUT2D eigenvalue weighted by atomic mass is 16.7. The molecule has 1 spiro atoms. The summed E-state index contributed by atoms with van der Waals surface area (Å²) in [5.41, 5.74) is -5.58. The molecular weight excluding hydrogens is 512 g/mol. The third kappa shape index (κ3) is 4.46. The molecule has 39 heavy (non-hydrogen) atoms. The summed E-state index contributed by atoms with van der Waals surface area (Å²) in [6.07, 6.45) is -2.79. The summed E-state index contributed by atoms with van der Waals surface area (Å²) in [7, 11) is 0. The maximum Gasteiger partial charge on any atom is 0.342 e. The van der Waals surface area contributed by atoms with Crippen molar-refractivity contribution in [2.24, 2.45) is 11.3 Å². The zero-order valence-electron chi connectivity index (χ0n) is 23.6. The second-order valence-electron chi connectivity index (χ2n) is 12.0. The van der Waals surface area contributed by atoms with Gasteiger partial charge in [0, 0.05) is 32.6 Å². The number of allylic oxidation sites excluding steroid dienone is 1. The van der Waals surface area contributed by atoms with Crippen LogP contribution >= 0.6 is 0 Å². The van der Waals surface area contributed by atoms with Crippen LogP contribution in [-0.2, 0) is 42.9 Å². The van der Waals surface area contributed by atoms with Crippen molar-refractivity contribution >= 4 is 23.9 Å². The van der Waals surface area contributed by atoms with Crippen LogP contribution in [0.2, 0.25) is 0 Å². The van der Waals surface area contributed by atoms with Crippen LogP contribution in [0, 0.1) is 11.3 Å². The summed E-state index contributed by atoms with van der Waals surface area (Å²) < 4.78 is 29.0. The maximum absolute atomic E-state index is 12.9. The summed E-state index contributed by atoms with van der Waals surface area (Å²) in [6.45, 7) is 10.8. The first-order valence-electron chi connectivity index (χ1n) is 13.6. The minimum Gasteiger partial charge on any atom is -0.462 e. The second kappa shape index (κ2) is 9.85. The van der Waals surface area contributed by atoms with Gasteiger partial charge >= 0.3 is 23.9 Å². The Morgan fingerprint density at radius 3 is 2.23 bits per heavy atom. The minimum atomic E-state index is -1.93. The fourth-order valence-corrected chi connectivity index (χ4v) is 7.22. The Kier molecular flexibility index (Phi) is 7.45. The van der Waals surface area contributed by atoms with Crippen LogP contribution in [0.4, 0.5) is 0 Å². The van der Waals surface area contributed by atoms with Gasteiger partial charge in [-0.1, -0.05) is 19.4 Å². The highest BCUT2D eigenvalue weighted by Gasteiger charge is 2.87. The second-order valence-corrected chi connectivity index (χ2v) is 12.0. The van der Waals surface area contributed by atoms with Gasteiger partial charge in [-0.25, -0.2) is 4.79 Å². The van der Waals surface area contributed by atoms with Crippen LogP contribution < -0.4 is 0 Å². The third-order valence-electron chi connectivity index (χ3n) is 9.23. The van der Waals surface area contributed by atoms with Gasteiger partial charge in [-0.2, -0.15) is 0 Å². The lowest BCUT2D eigenvalue weighted by Gasteiger charge is -2.59. The highest BCUT2D eigenvalue weighted by Crippen LogP contribution is 2.65. The van der Waals surface area contributed by atoms with Crippen LogP contribution in [0.1, 0.15) is 80.6 Å². The summed E-state index contributed by atoms with van der Waals surface area (Å²) in [6, 6.07) is 0. The lowest BCUT2D eigenvalue weighted by Crippen LogP contribution is -2.72. The maximum atomic E-state index is 12.9. The molecule has 2 heterocycles.